The normalized spacial score (nSPS) is 11.5. The average molecular weight is 256 g/mol. The van der Waals surface area contributed by atoms with Crippen molar-refractivity contribution in [1.82, 2.24) is 0 Å². The summed E-state index contributed by atoms with van der Waals surface area (Å²) >= 11 is 0. The number of halogens is 3. The van der Waals surface area contributed by atoms with Gasteiger partial charge >= 0.3 is 12.3 Å². The van der Waals surface area contributed by atoms with E-state index in [1.54, 1.807) is 12.1 Å². The summed E-state index contributed by atoms with van der Waals surface area (Å²) in [7, 11) is 0. The molecule has 0 aromatic heterocycles. The molecule has 6 heteroatoms. The van der Waals surface area contributed by atoms with Crippen LogP contribution in [0.3, 0.4) is 0 Å². The molecule has 0 saturated heterocycles. The molecule has 1 N–H and O–H groups in total. The van der Waals surface area contributed by atoms with Crippen LogP contribution in [0, 0.1) is 0 Å². The maximum Gasteiger partial charge on any atom is 0.573 e. The Bertz CT molecular complexity index is 605. The second-order valence-electron chi connectivity index (χ2n) is 3.52. The maximum atomic E-state index is 12.3. The lowest BCUT2D eigenvalue weighted by Gasteiger charge is -2.13. The molecular weight excluding hydrogens is 249 g/mol. The van der Waals surface area contributed by atoms with E-state index in [1.807, 2.05) is 0 Å². The first kappa shape index (κ1) is 12.2. The molecule has 18 heavy (non-hydrogen) atoms. The fourth-order valence-electron chi connectivity index (χ4n) is 1.64. The second-order valence-corrected chi connectivity index (χ2v) is 3.52. The van der Waals surface area contributed by atoms with Crippen LogP contribution in [0.1, 0.15) is 10.4 Å². The predicted molar refractivity (Wildman–Crippen MR) is 57.6 cm³/mol. The first-order valence-corrected chi connectivity index (χ1v) is 4.89. The minimum atomic E-state index is -4.94. The monoisotopic (exact) mass is 256 g/mol. The minimum absolute atomic E-state index is 0.106. The van der Waals surface area contributed by atoms with Crippen molar-refractivity contribution in [3.05, 3.63) is 42.0 Å². The largest absolute Gasteiger partial charge is 0.573 e. The SMILES string of the molecule is O=C(O)c1ccc2ccccc2c1OC(F)(F)F. The highest BCUT2D eigenvalue weighted by molar-refractivity contribution is 6.00. The highest BCUT2D eigenvalue weighted by Crippen LogP contribution is 2.34. The molecule has 0 aliphatic heterocycles. The molecule has 2 aromatic carbocycles. The summed E-state index contributed by atoms with van der Waals surface area (Å²) in [6.07, 6.45) is -4.94. The molecule has 0 heterocycles. The van der Waals surface area contributed by atoms with Crippen LogP contribution in [-0.4, -0.2) is 17.4 Å². The van der Waals surface area contributed by atoms with Crippen molar-refractivity contribution in [1.29, 1.82) is 0 Å². The first-order valence-electron chi connectivity index (χ1n) is 4.89. The molecule has 0 saturated carbocycles. The second kappa shape index (κ2) is 4.21. The fraction of sp³-hybridized carbons (Fsp3) is 0.0833. The maximum absolute atomic E-state index is 12.3. The number of benzene rings is 2. The number of hydrogen-bond donors (Lipinski definition) is 1. The van der Waals surface area contributed by atoms with E-state index in [1.165, 1.54) is 18.2 Å². The highest BCUT2D eigenvalue weighted by atomic mass is 19.4. The Morgan fingerprint density at radius 2 is 1.78 bits per heavy atom. The number of hydrogen-bond acceptors (Lipinski definition) is 2. The van der Waals surface area contributed by atoms with E-state index in [0.717, 1.165) is 6.07 Å². The van der Waals surface area contributed by atoms with Crippen molar-refractivity contribution >= 4 is 16.7 Å². The van der Waals surface area contributed by atoms with Gasteiger partial charge in [-0.3, -0.25) is 0 Å². The van der Waals surface area contributed by atoms with Crippen LogP contribution in [-0.2, 0) is 0 Å². The number of aromatic carboxylic acids is 1. The third kappa shape index (κ3) is 2.37. The van der Waals surface area contributed by atoms with Crippen LogP contribution in [0.15, 0.2) is 36.4 Å². The van der Waals surface area contributed by atoms with Gasteiger partial charge in [0.25, 0.3) is 0 Å². The topological polar surface area (TPSA) is 46.5 Å². The number of carboxylic acid groups (broad SMARTS) is 1. The number of rotatable bonds is 2. The van der Waals surface area contributed by atoms with Gasteiger partial charge in [-0.05, 0) is 11.5 Å². The summed E-state index contributed by atoms with van der Waals surface area (Å²) in [4.78, 5) is 10.9. The van der Waals surface area contributed by atoms with Crippen molar-refractivity contribution in [3.63, 3.8) is 0 Å². The van der Waals surface area contributed by atoms with Crippen molar-refractivity contribution in [2.75, 3.05) is 0 Å². The molecule has 0 amide bonds. The van der Waals surface area contributed by atoms with Crippen LogP contribution < -0.4 is 4.74 Å². The molecule has 0 spiro atoms. The van der Waals surface area contributed by atoms with Gasteiger partial charge in [-0.15, -0.1) is 13.2 Å². The Morgan fingerprint density at radius 3 is 2.39 bits per heavy atom. The smallest absolute Gasteiger partial charge is 0.478 e. The van der Waals surface area contributed by atoms with Crippen LogP contribution in [0.25, 0.3) is 10.8 Å². The van der Waals surface area contributed by atoms with Crippen LogP contribution >= 0.6 is 0 Å². The lowest BCUT2D eigenvalue weighted by Crippen LogP contribution is -2.19. The van der Waals surface area contributed by atoms with Gasteiger partial charge in [-0.2, -0.15) is 0 Å². The molecule has 0 radical (unpaired) electrons. The Morgan fingerprint density at radius 1 is 1.11 bits per heavy atom. The zero-order chi connectivity index (χ0) is 13.3. The Labute approximate surface area is 99.4 Å². The standard InChI is InChI=1S/C12H7F3O3/c13-12(14,15)18-10-8-4-2-1-3-7(8)5-6-9(10)11(16)17/h1-6H,(H,16,17). The Kier molecular flexibility index (Phi) is 2.86. The molecule has 0 atom stereocenters. The number of alkyl halides is 3. The molecule has 0 unspecified atom stereocenters. The lowest BCUT2D eigenvalue weighted by molar-refractivity contribution is -0.274. The molecule has 2 aromatic rings. The molecule has 94 valence electrons. The van der Waals surface area contributed by atoms with Gasteiger partial charge in [0.2, 0.25) is 0 Å². The molecule has 0 aliphatic rings. The van der Waals surface area contributed by atoms with Crippen molar-refractivity contribution < 1.29 is 27.8 Å². The third-order valence-corrected chi connectivity index (χ3v) is 2.33. The van der Waals surface area contributed by atoms with Gasteiger partial charge in [0.15, 0.2) is 5.75 Å². The van der Waals surface area contributed by atoms with Crippen LogP contribution in [0.2, 0.25) is 0 Å². The van der Waals surface area contributed by atoms with Crippen LogP contribution in [0.5, 0.6) is 5.75 Å². The zero-order valence-electron chi connectivity index (χ0n) is 8.86. The average Bonchev–Trinajstić information content (AvgIpc) is 2.27. The number of carboxylic acids is 1. The van der Waals surface area contributed by atoms with Gasteiger partial charge in [-0.25, -0.2) is 4.79 Å². The fourth-order valence-corrected chi connectivity index (χ4v) is 1.64. The number of carbonyl (C=O) groups is 1. The number of fused-ring (bicyclic) bond motifs is 1. The van der Waals surface area contributed by atoms with E-state index in [4.69, 9.17) is 5.11 Å². The first-order chi connectivity index (χ1) is 8.38. The van der Waals surface area contributed by atoms with Crippen molar-refractivity contribution in [3.8, 4) is 5.75 Å². The lowest BCUT2D eigenvalue weighted by atomic mass is 10.1. The quantitative estimate of drug-likeness (QED) is 0.895. The van der Waals surface area contributed by atoms with E-state index < -0.39 is 23.6 Å². The van der Waals surface area contributed by atoms with E-state index in [9.17, 15) is 18.0 Å². The molecule has 0 aliphatic carbocycles. The van der Waals surface area contributed by atoms with Gasteiger partial charge in [0.1, 0.15) is 5.56 Å². The molecular formula is C12H7F3O3. The van der Waals surface area contributed by atoms with E-state index in [0.29, 0.717) is 5.39 Å². The number of ether oxygens (including phenoxy) is 1. The summed E-state index contributed by atoms with van der Waals surface area (Å²) in [5, 5.41) is 9.45. The third-order valence-electron chi connectivity index (χ3n) is 2.33. The van der Waals surface area contributed by atoms with Crippen LogP contribution in [0.4, 0.5) is 13.2 Å². The summed E-state index contributed by atoms with van der Waals surface area (Å²) in [6, 6.07) is 8.62. The van der Waals surface area contributed by atoms with Gasteiger partial charge in [0.05, 0.1) is 0 Å². The molecule has 0 fully saturated rings. The van der Waals surface area contributed by atoms with E-state index in [2.05, 4.69) is 4.74 Å². The minimum Gasteiger partial charge on any atom is -0.478 e. The highest BCUT2D eigenvalue weighted by Gasteiger charge is 2.33. The summed E-state index contributed by atoms with van der Waals surface area (Å²) < 4.78 is 40.7. The molecule has 3 nitrogen and oxygen atoms in total. The zero-order valence-corrected chi connectivity index (χ0v) is 8.86. The van der Waals surface area contributed by atoms with Gasteiger partial charge in [0, 0.05) is 5.39 Å². The Hall–Kier alpha value is -2.24. The molecule has 2 rings (SSSR count). The van der Waals surface area contributed by atoms with E-state index in [-0.39, 0.29) is 5.39 Å². The van der Waals surface area contributed by atoms with E-state index >= 15 is 0 Å². The van der Waals surface area contributed by atoms with Crippen molar-refractivity contribution in [2.24, 2.45) is 0 Å². The van der Waals surface area contributed by atoms with Gasteiger partial charge < -0.3 is 9.84 Å². The van der Waals surface area contributed by atoms with Crippen molar-refractivity contribution in [2.45, 2.75) is 6.36 Å². The summed E-state index contributed by atoms with van der Waals surface area (Å²) in [5.74, 6) is -2.16. The molecule has 0 bridgehead atoms. The van der Waals surface area contributed by atoms with Gasteiger partial charge in [-0.1, -0.05) is 30.3 Å². The summed E-state index contributed by atoms with van der Waals surface area (Å²) in [6.45, 7) is 0. The Balaban J connectivity index is 2.70. The summed E-state index contributed by atoms with van der Waals surface area (Å²) in [5.41, 5.74) is -0.522. The predicted octanol–water partition coefficient (Wildman–Crippen LogP) is 3.44.